The van der Waals surface area contributed by atoms with Crippen LogP contribution in [0.1, 0.15) is 141 Å². The third kappa shape index (κ3) is 13.9. The van der Waals surface area contributed by atoms with Gasteiger partial charge in [0.1, 0.15) is 45.8 Å². The lowest BCUT2D eigenvalue weighted by atomic mass is 9.86. The van der Waals surface area contributed by atoms with Gasteiger partial charge in [0, 0.05) is 69.5 Å². The van der Waals surface area contributed by atoms with Gasteiger partial charge < -0.3 is 50.0 Å². The van der Waals surface area contributed by atoms with Crippen LogP contribution in [0, 0.1) is 11.8 Å². The topological polar surface area (TPSA) is 248 Å². The summed E-state index contributed by atoms with van der Waals surface area (Å²) in [4.78, 5) is 76.3. The van der Waals surface area contributed by atoms with Gasteiger partial charge in [-0.1, -0.05) is 12.1 Å². The van der Waals surface area contributed by atoms with Crippen molar-refractivity contribution in [1.82, 2.24) is 30.0 Å². The molecule has 5 heterocycles. The molecule has 76 heavy (non-hydrogen) atoms. The van der Waals surface area contributed by atoms with E-state index in [9.17, 15) is 34.2 Å². The van der Waals surface area contributed by atoms with Crippen molar-refractivity contribution in [3.63, 3.8) is 0 Å². The lowest BCUT2D eigenvalue weighted by molar-refractivity contribution is -0.126. The highest BCUT2D eigenvalue weighted by Crippen LogP contribution is 2.45. The maximum atomic E-state index is 12.9. The number of aromatic hydroxyl groups is 2. The van der Waals surface area contributed by atoms with Crippen LogP contribution in [0.15, 0.2) is 48.5 Å². The molecule has 2 unspecified atom stereocenters. The van der Waals surface area contributed by atoms with E-state index in [1.165, 1.54) is 13.8 Å². The van der Waals surface area contributed by atoms with Crippen LogP contribution in [0.25, 0.3) is 22.5 Å². The number of anilines is 2. The van der Waals surface area contributed by atoms with E-state index in [2.05, 4.69) is 15.6 Å². The first-order chi connectivity index (χ1) is 36.0. The smallest absolute Gasteiger partial charge is 0.410 e. The number of amides is 6. The number of ether oxygens (including phenoxy) is 4. The van der Waals surface area contributed by atoms with Crippen LogP contribution in [-0.2, 0) is 32.2 Å². The van der Waals surface area contributed by atoms with Gasteiger partial charge in [-0.3, -0.25) is 19.8 Å². The molecule has 19 heteroatoms. The molecule has 0 bridgehead atoms. The number of nitrogens with zero attached hydrogens (tertiary/aromatic N) is 5. The Kier molecular flexibility index (Phi) is 16.5. The van der Waals surface area contributed by atoms with Gasteiger partial charge in [0.2, 0.25) is 11.8 Å². The number of phenolic OH excluding ortho intramolecular Hbond substituents is 2. The molecule has 2 saturated heterocycles. The Morgan fingerprint density at radius 2 is 1.21 bits per heavy atom. The van der Waals surface area contributed by atoms with E-state index in [-0.39, 0.29) is 66.2 Å². The Balaban J connectivity index is 0.000000202. The quantitative estimate of drug-likeness (QED) is 0.0886. The fraction of sp³-hybridized carbons (Fsp3) is 0.526. The number of hydrogen-bond donors (Lipinski definition) is 5. The van der Waals surface area contributed by atoms with Crippen molar-refractivity contribution in [1.29, 1.82) is 0 Å². The van der Waals surface area contributed by atoms with Crippen molar-refractivity contribution >= 4 is 41.7 Å². The van der Waals surface area contributed by atoms with Gasteiger partial charge in [0.15, 0.2) is 0 Å². The lowest BCUT2D eigenvalue weighted by Crippen LogP contribution is -2.44. The summed E-state index contributed by atoms with van der Waals surface area (Å²) >= 11 is 0. The van der Waals surface area contributed by atoms with Gasteiger partial charge in [-0.2, -0.15) is 0 Å². The number of imide groups is 1. The second-order valence-electron chi connectivity index (χ2n) is 22.7. The number of fused-ring (bicyclic) bond motifs is 1. The molecule has 6 amide bonds. The summed E-state index contributed by atoms with van der Waals surface area (Å²) in [5, 5.41) is 27.3. The summed E-state index contributed by atoms with van der Waals surface area (Å²) < 4.78 is 23.4. The van der Waals surface area contributed by atoms with Crippen LogP contribution in [0.2, 0.25) is 0 Å². The maximum Gasteiger partial charge on any atom is 0.410 e. The number of nitrogens with one attached hydrogen (secondary N) is 2. The molecule has 2 saturated carbocycles. The van der Waals surface area contributed by atoms with Gasteiger partial charge in [-0.15, -0.1) is 0 Å². The fourth-order valence-electron chi connectivity index (χ4n) is 9.74. The van der Waals surface area contributed by atoms with Crippen molar-refractivity contribution in [2.75, 3.05) is 50.4 Å². The summed E-state index contributed by atoms with van der Waals surface area (Å²) in [6, 6.07) is 13.6. The van der Waals surface area contributed by atoms with Crippen molar-refractivity contribution in [2.45, 2.75) is 143 Å². The summed E-state index contributed by atoms with van der Waals surface area (Å²) in [7, 11) is 0. The molecule has 5 aliphatic rings. The van der Waals surface area contributed by atoms with E-state index in [0.29, 0.717) is 96.6 Å². The number of rotatable bonds is 12. The molecule has 0 spiro atoms. The third-order valence-corrected chi connectivity index (χ3v) is 13.9. The van der Waals surface area contributed by atoms with Crippen molar-refractivity contribution in [2.24, 2.45) is 11.8 Å². The van der Waals surface area contributed by atoms with E-state index in [4.69, 9.17) is 29.7 Å². The van der Waals surface area contributed by atoms with Crippen molar-refractivity contribution < 1.29 is 53.1 Å². The normalized spacial score (nSPS) is 18.6. The van der Waals surface area contributed by atoms with Crippen molar-refractivity contribution in [3.8, 4) is 45.5 Å². The summed E-state index contributed by atoms with van der Waals surface area (Å²) in [6.45, 7) is 17.4. The molecule has 6 N–H and O–H groups in total. The number of aromatic nitrogens is 2. The molecule has 19 nitrogen and oxygen atoms in total. The van der Waals surface area contributed by atoms with Crippen LogP contribution < -0.4 is 25.8 Å². The molecule has 9 rings (SSSR count). The van der Waals surface area contributed by atoms with E-state index in [1.807, 2.05) is 59.7 Å². The first-order valence-corrected chi connectivity index (χ1v) is 26.5. The molecular formula is C57H74N8O11. The molecule has 4 aromatic rings. The SMILES string of the molecule is CC(=O)N1Cc2c(C3CCCN(C(=O)OC(C)(C)C)C3)cc(-c3c(O)cccc3OCC3CC3)nc2NC1=O.CC(=O)NCc1c(C2CCCN(C(=O)OC(C)(C)C)C2)cc(-c2c(O)cccc2OCC2CC2)nc1N. The van der Waals surface area contributed by atoms with Crippen LogP contribution in [-0.4, -0.2) is 116 Å². The van der Waals surface area contributed by atoms with E-state index in [0.717, 1.165) is 73.0 Å². The maximum absolute atomic E-state index is 12.9. The minimum Gasteiger partial charge on any atom is -0.507 e. The van der Waals surface area contributed by atoms with Gasteiger partial charge in [-0.05, 0) is 152 Å². The average Bonchev–Trinajstić information content (AvgIpc) is 4.31. The Bertz CT molecular complexity index is 2830. The Morgan fingerprint density at radius 1 is 0.724 bits per heavy atom. The van der Waals surface area contributed by atoms with Gasteiger partial charge in [0.05, 0.1) is 42.3 Å². The van der Waals surface area contributed by atoms with Crippen LogP contribution >= 0.6 is 0 Å². The Morgan fingerprint density at radius 3 is 1.68 bits per heavy atom. The summed E-state index contributed by atoms with van der Waals surface area (Å²) in [6.07, 6.45) is 7.04. The monoisotopic (exact) mass is 1050 g/mol. The molecule has 0 radical (unpaired) electrons. The van der Waals surface area contributed by atoms with Crippen LogP contribution in [0.5, 0.6) is 23.0 Å². The first-order valence-electron chi connectivity index (χ1n) is 26.5. The average molecular weight is 1050 g/mol. The minimum atomic E-state index is -0.610. The molecule has 4 fully saturated rings. The molecule has 2 aromatic heterocycles. The number of nitrogen functional groups attached to an aromatic ring is 1. The lowest BCUT2D eigenvalue weighted by Gasteiger charge is -2.36. The number of nitrogens with two attached hydrogens (primary N) is 1. The van der Waals surface area contributed by atoms with Crippen LogP contribution in [0.4, 0.5) is 26.0 Å². The number of likely N-dealkylation sites (tertiary alicyclic amines) is 2. The highest BCUT2D eigenvalue weighted by atomic mass is 16.6. The predicted molar refractivity (Wildman–Crippen MR) is 286 cm³/mol. The highest BCUT2D eigenvalue weighted by Gasteiger charge is 2.36. The number of piperidine rings is 2. The number of hydrogen-bond acceptors (Lipinski definition) is 14. The largest absolute Gasteiger partial charge is 0.507 e. The molecule has 3 aliphatic heterocycles. The molecule has 408 valence electrons. The van der Waals surface area contributed by atoms with Crippen LogP contribution in [0.3, 0.4) is 0 Å². The standard InChI is InChI=1S/C29H36N4O6.C28H38N4O5/c1-17(34)33-15-21-20(19-7-6-12-32(14-19)28(37)39-29(2,3)4)13-22(30-26(21)31-27(33)36)25-23(35)8-5-9-24(25)38-16-18-10-11-18;1-17(33)30-14-21-20(19-7-6-12-32(15-19)27(35)37-28(2,3)4)13-22(31-26(21)29)25-23(34)8-5-9-24(25)36-16-18-10-11-18/h5,8-9,13,18-19,35H,6-7,10-12,14-16H2,1-4H3,(H,30,31,36);5,8-9,13,18-19,34H,6-7,10-12,14-16H2,1-4H3,(H2,29,31)(H,30,33). The van der Waals surface area contributed by atoms with Gasteiger partial charge in [0.25, 0.3) is 0 Å². The first kappa shape index (κ1) is 54.9. The van der Waals surface area contributed by atoms with E-state index >= 15 is 0 Å². The number of benzene rings is 2. The van der Waals surface area contributed by atoms with Crippen molar-refractivity contribution in [3.05, 3.63) is 70.8 Å². The second-order valence-corrected chi connectivity index (χ2v) is 22.7. The molecule has 2 atom stereocenters. The molecule has 2 aromatic carbocycles. The van der Waals surface area contributed by atoms with Gasteiger partial charge in [-0.25, -0.2) is 24.4 Å². The highest BCUT2D eigenvalue weighted by molar-refractivity contribution is 6.02. The number of carbonyl (C=O) groups is 5. The van der Waals surface area contributed by atoms with Gasteiger partial charge >= 0.3 is 18.2 Å². The minimum absolute atomic E-state index is 0.0215. The zero-order valence-corrected chi connectivity index (χ0v) is 45.1. The number of pyridine rings is 2. The Hall–Kier alpha value is -7.31. The molecule has 2 aliphatic carbocycles. The zero-order valence-electron chi connectivity index (χ0n) is 45.1. The summed E-state index contributed by atoms with van der Waals surface area (Å²) in [5.41, 5.74) is 10.4. The third-order valence-electron chi connectivity index (χ3n) is 13.9. The fourth-order valence-corrected chi connectivity index (χ4v) is 9.74. The second kappa shape index (κ2) is 22.9. The summed E-state index contributed by atoms with van der Waals surface area (Å²) in [5.74, 6) is 2.15. The number of carbonyl (C=O) groups excluding carboxylic acids is 5. The zero-order chi connectivity index (χ0) is 54.6. The number of phenols is 2. The van der Waals surface area contributed by atoms with E-state index in [1.54, 1.807) is 40.1 Å². The Labute approximate surface area is 444 Å². The number of urea groups is 1. The molecular weight excluding hydrogens is 973 g/mol. The van der Waals surface area contributed by atoms with E-state index < -0.39 is 17.2 Å². The predicted octanol–water partition coefficient (Wildman–Crippen LogP) is 9.83.